The maximum Gasteiger partial charge on any atom is 0.272 e. The van der Waals surface area contributed by atoms with E-state index < -0.39 is 13.0 Å². The third kappa shape index (κ3) is 7.09. The van der Waals surface area contributed by atoms with E-state index in [4.69, 9.17) is 4.74 Å². The van der Waals surface area contributed by atoms with Crippen molar-refractivity contribution in [3.8, 4) is 5.75 Å². The molecular formula is C18H23F2N3OS. The van der Waals surface area contributed by atoms with Gasteiger partial charge in [-0.25, -0.2) is 13.8 Å². The number of alkyl halides is 2. The number of thiophene rings is 1. The van der Waals surface area contributed by atoms with E-state index in [1.165, 1.54) is 9.75 Å². The molecule has 1 aromatic carbocycles. The zero-order valence-electron chi connectivity index (χ0n) is 14.4. The Morgan fingerprint density at radius 1 is 1.24 bits per heavy atom. The highest BCUT2D eigenvalue weighted by Crippen LogP contribution is 2.16. The summed E-state index contributed by atoms with van der Waals surface area (Å²) < 4.78 is 29.5. The molecule has 7 heteroatoms. The second-order valence-electron chi connectivity index (χ2n) is 5.41. The van der Waals surface area contributed by atoms with E-state index in [-0.39, 0.29) is 0 Å². The molecule has 0 aliphatic rings. The highest BCUT2D eigenvalue weighted by atomic mass is 32.1. The molecule has 0 fully saturated rings. The summed E-state index contributed by atoms with van der Waals surface area (Å²) in [7, 11) is 0. The number of rotatable bonds is 8. The molecule has 0 saturated carbocycles. The van der Waals surface area contributed by atoms with Gasteiger partial charge in [0, 0.05) is 16.3 Å². The first-order valence-corrected chi connectivity index (χ1v) is 8.96. The van der Waals surface area contributed by atoms with Gasteiger partial charge in [-0.1, -0.05) is 12.1 Å². The smallest absolute Gasteiger partial charge is 0.272 e. The zero-order valence-corrected chi connectivity index (χ0v) is 15.2. The average Bonchev–Trinajstić information content (AvgIpc) is 3.01. The fourth-order valence-corrected chi connectivity index (χ4v) is 2.99. The van der Waals surface area contributed by atoms with Gasteiger partial charge in [0.2, 0.25) is 0 Å². The molecule has 136 valence electrons. The van der Waals surface area contributed by atoms with E-state index in [0.717, 1.165) is 12.1 Å². The van der Waals surface area contributed by atoms with Gasteiger partial charge in [0.15, 0.2) is 5.96 Å². The fourth-order valence-electron chi connectivity index (χ4n) is 2.16. The minimum atomic E-state index is -2.48. The minimum absolute atomic E-state index is 0.431. The Labute approximate surface area is 150 Å². The van der Waals surface area contributed by atoms with Crippen LogP contribution in [0.2, 0.25) is 0 Å². The Morgan fingerprint density at radius 3 is 2.76 bits per heavy atom. The molecule has 0 saturated heterocycles. The molecule has 0 unspecified atom stereocenters. The van der Waals surface area contributed by atoms with Gasteiger partial charge in [0.05, 0.1) is 13.1 Å². The van der Waals surface area contributed by atoms with Gasteiger partial charge in [-0.15, -0.1) is 11.3 Å². The fraction of sp³-hybridized carbons (Fsp3) is 0.389. The van der Waals surface area contributed by atoms with Crippen LogP contribution >= 0.6 is 11.3 Å². The molecule has 0 spiro atoms. The summed E-state index contributed by atoms with van der Waals surface area (Å²) in [6.07, 6.45) is -2.48. The van der Waals surface area contributed by atoms with E-state index in [1.54, 1.807) is 29.5 Å². The van der Waals surface area contributed by atoms with E-state index >= 15 is 0 Å². The number of nitrogens with one attached hydrogen (secondary N) is 2. The van der Waals surface area contributed by atoms with Crippen molar-refractivity contribution < 1.29 is 13.5 Å². The standard InChI is InChI=1S/C18H23F2N3OS/c1-3-21-18(23-11-16-8-7-13(2)25-16)22-10-14-5-4-6-15(9-14)24-12-17(19)20/h4-9,17H,3,10-12H2,1-2H3,(H2,21,22,23). The molecule has 0 amide bonds. The maximum absolute atomic E-state index is 12.2. The molecule has 0 radical (unpaired) electrons. The Kier molecular flexibility index (Phi) is 7.66. The second-order valence-corrected chi connectivity index (χ2v) is 6.78. The largest absolute Gasteiger partial charge is 0.488 e. The van der Waals surface area contributed by atoms with Gasteiger partial charge in [0.1, 0.15) is 12.4 Å². The molecule has 2 N–H and O–H groups in total. The molecule has 0 atom stereocenters. The lowest BCUT2D eigenvalue weighted by atomic mass is 10.2. The number of halogens is 2. The van der Waals surface area contributed by atoms with Crippen molar-refractivity contribution in [2.75, 3.05) is 13.2 Å². The maximum atomic E-state index is 12.2. The van der Waals surface area contributed by atoms with Crippen LogP contribution in [0.25, 0.3) is 0 Å². The van der Waals surface area contributed by atoms with Crippen LogP contribution < -0.4 is 15.4 Å². The molecule has 2 rings (SSSR count). The van der Waals surface area contributed by atoms with Crippen molar-refractivity contribution in [3.63, 3.8) is 0 Å². The van der Waals surface area contributed by atoms with Gasteiger partial charge >= 0.3 is 0 Å². The molecular weight excluding hydrogens is 344 g/mol. The van der Waals surface area contributed by atoms with Crippen molar-refractivity contribution in [3.05, 3.63) is 51.7 Å². The summed E-state index contributed by atoms with van der Waals surface area (Å²) in [4.78, 5) is 7.06. The number of hydrogen-bond acceptors (Lipinski definition) is 3. The first-order chi connectivity index (χ1) is 12.1. The van der Waals surface area contributed by atoms with E-state index in [9.17, 15) is 8.78 Å². The van der Waals surface area contributed by atoms with E-state index in [2.05, 4.69) is 34.7 Å². The predicted octanol–water partition coefficient (Wildman–Crippen LogP) is 3.96. The highest BCUT2D eigenvalue weighted by Gasteiger charge is 2.04. The Morgan fingerprint density at radius 2 is 2.08 bits per heavy atom. The van der Waals surface area contributed by atoms with Gasteiger partial charge in [-0.05, 0) is 43.7 Å². The van der Waals surface area contributed by atoms with E-state index in [1.807, 2.05) is 13.0 Å². The lowest BCUT2D eigenvalue weighted by Crippen LogP contribution is -2.36. The zero-order chi connectivity index (χ0) is 18.1. The number of nitrogens with zero attached hydrogens (tertiary/aromatic N) is 1. The van der Waals surface area contributed by atoms with Gasteiger partial charge in [-0.2, -0.15) is 0 Å². The van der Waals surface area contributed by atoms with Gasteiger partial charge < -0.3 is 15.4 Å². The number of ether oxygens (including phenoxy) is 1. The SMILES string of the molecule is CCNC(=NCc1cccc(OCC(F)F)c1)NCc1ccc(C)s1. The Balaban J connectivity index is 1.94. The first kappa shape index (κ1) is 19.2. The number of aryl methyl sites for hydroxylation is 1. The molecule has 1 heterocycles. The number of hydrogen-bond donors (Lipinski definition) is 2. The Bertz CT molecular complexity index is 688. The second kappa shape index (κ2) is 9.98. The van der Waals surface area contributed by atoms with Crippen molar-refractivity contribution in [1.82, 2.24) is 10.6 Å². The molecule has 0 bridgehead atoms. The van der Waals surface area contributed by atoms with Crippen LogP contribution in [0.15, 0.2) is 41.4 Å². The molecule has 0 aliphatic carbocycles. The van der Waals surface area contributed by atoms with Crippen LogP contribution in [0.1, 0.15) is 22.2 Å². The van der Waals surface area contributed by atoms with Crippen LogP contribution in [-0.2, 0) is 13.1 Å². The average molecular weight is 367 g/mol. The number of benzene rings is 1. The summed E-state index contributed by atoms with van der Waals surface area (Å²) in [5, 5.41) is 6.49. The predicted molar refractivity (Wildman–Crippen MR) is 98.7 cm³/mol. The van der Waals surface area contributed by atoms with Crippen LogP contribution in [-0.4, -0.2) is 25.5 Å². The molecule has 25 heavy (non-hydrogen) atoms. The number of aliphatic imine (C=N–C) groups is 1. The molecule has 0 aliphatic heterocycles. The van der Waals surface area contributed by atoms with Crippen molar-refractivity contribution in [2.45, 2.75) is 33.4 Å². The summed E-state index contributed by atoms with van der Waals surface area (Å²) in [5.74, 6) is 1.15. The van der Waals surface area contributed by atoms with Gasteiger partial charge in [0.25, 0.3) is 6.43 Å². The lowest BCUT2D eigenvalue weighted by molar-refractivity contribution is 0.0818. The number of guanidine groups is 1. The molecule has 1 aromatic heterocycles. The molecule has 2 aromatic rings. The third-order valence-corrected chi connectivity index (χ3v) is 4.27. The first-order valence-electron chi connectivity index (χ1n) is 8.14. The highest BCUT2D eigenvalue weighted by molar-refractivity contribution is 7.11. The van der Waals surface area contributed by atoms with Crippen molar-refractivity contribution in [2.24, 2.45) is 4.99 Å². The van der Waals surface area contributed by atoms with Crippen LogP contribution in [0.3, 0.4) is 0 Å². The van der Waals surface area contributed by atoms with Crippen LogP contribution in [0.5, 0.6) is 5.75 Å². The van der Waals surface area contributed by atoms with Crippen LogP contribution in [0.4, 0.5) is 8.78 Å². The quantitative estimate of drug-likeness (QED) is 0.548. The third-order valence-electron chi connectivity index (χ3n) is 3.26. The summed E-state index contributed by atoms with van der Waals surface area (Å²) >= 11 is 1.75. The van der Waals surface area contributed by atoms with Crippen molar-refractivity contribution >= 4 is 17.3 Å². The molecule has 4 nitrogen and oxygen atoms in total. The van der Waals surface area contributed by atoms with E-state index in [0.29, 0.717) is 24.8 Å². The van der Waals surface area contributed by atoms with Crippen LogP contribution in [0, 0.1) is 6.92 Å². The minimum Gasteiger partial charge on any atom is -0.488 e. The summed E-state index contributed by atoms with van der Waals surface area (Å²) in [6.45, 7) is 5.39. The Hall–Kier alpha value is -2.15. The topological polar surface area (TPSA) is 45.7 Å². The normalized spacial score (nSPS) is 11.6. The van der Waals surface area contributed by atoms with Crippen molar-refractivity contribution in [1.29, 1.82) is 0 Å². The summed E-state index contributed by atoms with van der Waals surface area (Å²) in [6, 6.07) is 11.3. The summed E-state index contributed by atoms with van der Waals surface area (Å²) in [5.41, 5.74) is 0.899. The lowest BCUT2D eigenvalue weighted by Gasteiger charge is -2.11. The van der Waals surface area contributed by atoms with Gasteiger partial charge in [-0.3, -0.25) is 0 Å². The monoisotopic (exact) mass is 367 g/mol.